The third-order valence-corrected chi connectivity index (χ3v) is 4.83. The quantitative estimate of drug-likeness (QED) is 0.535. The highest BCUT2D eigenvalue weighted by atomic mass is 35.5. The summed E-state index contributed by atoms with van der Waals surface area (Å²) >= 11 is 12.1. The Morgan fingerprint density at radius 3 is 2.68 bits per heavy atom. The van der Waals surface area contributed by atoms with Gasteiger partial charge in [-0.1, -0.05) is 30.7 Å². The monoisotopic (exact) mass is 421 g/mol. The van der Waals surface area contributed by atoms with Gasteiger partial charge in [-0.3, -0.25) is 4.79 Å². The van der Waals surface area contributed by atoms with Gasteiger partial charge in [-0.05, 0) is 50.4 Å². The number of ether oxygens (including phenoxy) is 1. The lowest BCUT2D eigenvalue weighted by Crippen LogP contribution is -2.44. The first-order valence-corrected chi connectivity index (χ1v) is 9.71. The second-order valence-corrected chi connectivity index (χ2v) is 8.34. The van der Waals surface area contributed by atoms with Gasteiger partial charge in [-0.2, -0.15) is 0 Å². The van der Waals surface area contributed by atoms with Gasteiger partial charge in [0.2, 0.25) is 5.28 Å². The first-order valence-electron chi connectivity index (χ1n) is 8.96. The minimum Gasteiger partial charge on any atom is -0.458 e. The first kappa shape index (κ1) is 20.6. The Hall–Kier alpha value is -2.18. The number of esters is 1. The topological polar surface area (TPSA) is 72.4 Å². The van der Waals surface area contributed by atoms with Crippen molar-refractivity contribution in [1.29, 1.82) is 0 Å². The number of benzene rings is 1. The summed E-state index contributed by atoms with van der Waals surface area (Å²) in [5.74, 6) is -0.618. The summed E-state index contributed by atoms with van der Waals surface area (Å²) in [6.07, 6.45) is 1.89. The predicted octanol–water partition coefficient (Wildman–Crippen LogP) is 4.53. The number of hydrogen-bond acceptors (Lipinski definition) is 5. The van der Waals surface area contributed by atoms with E-state index in [1.807, 2.05) is 19.1 Å². The Morgan fingerprint density at radius 1 is 1.32 bits per heavy atom. The fourth-order valence-corrected chi connectivity index (χ4v) is 3.49. The lowest BCUT2D eigenvalue weighted by Gasteiger charge is -2.29. The van der Waals surface area contributed by atoms with Crippen molar-refractivity contribution in [3.8, 4) is 11.3 Å². The molecule has 1 aromatic carbocycles. The molecule has 0 radical (unpaired) electrons. The number of halogens is 2. The molecular formula is C20H21Cl2N3O3. The van der Waals surface area contributed by atoms with Gasteiger partial charge in [0.15, 0.2) is 0 Å². The van der Waals surface area contributed by atoms with E-state index < -0.39 is 17.6 Å². The Balaban J connectivity index is 1.91. The van der Waals surface area contributed by atoms with Crippen LogP contribution in [0.2, 0.25) is 10.3 Å². The second kappa shape index (κ2) is 7.68. The fraction of sp³-hybridized carbons (Fsp3) is 0.400. The molecule has 6 nitrogen and oxygen atoms in total. The highest BCUT2D eigenvalue weighted by molar-refractivity contribution is 6.33. The molecule has 2 aromatic rings. The number of carbonyl (C=O) groups excluding carboxylic acids is 2. The minimum absolute atomic E-state index is 0.0730. The zero-order valence-corrected chi connectivity index (χ0v) is 17.6. The molecule has 0 spiro atoms. The molecule has 0 N–H and O–H groups in total. The van der Waals surface area contributed by atoms with Crippen molar-refractivity contribution in [2.24, 2.45) is 0 Å². The summed E-state index contributed by atoms with van der Waals surface area (Å²) in [6.45, 7) is 7.63. The van der Waals surface area contributed by atoms with Crippen molar-refractivity contribution in [2.75, 3.05) is 0 Å². The zero-order chi connectivity index (χ0) is 20.6. The van der Waals surface area contributed by atoms with Gasteiger partial charge >= 0.3 is 5.97 Å². The van der Waals surface area contributed by atoms with Crippen LogP contribution in [0.3, 0.4) is 0 Å². The molecule has 0 bridgehead atoms. The molecule has 1 unspecified atom stereocenters. The molecule has 28 heavy (non-hydrogen) atoms. The van der Waals surface area contributed by atoms with Crippen molar-refractivity contribution < 1.29 is 14.3 Å². The molecule has 0 aliphatic carbocycles. The second-order valence-electron chi connectivity index (χ2n) is 7.60. The van der Waals surface area contributed by atoms with Gasteiger partial charge in [0.25, 0.3) is 5.91 Å². The predicted molar refractivity (Wildman–Crippen MR) is 107 cm³/mol. The van der Waals surface area contributed by atoms with Gasteiger partial charge in [0.1, 0.15) is 11.6 Å². The molecule has 1 amide bonds. The number of carbonyl (C=O) groups is 2. The summed E-state index contributed by atoms with van der Waals surface area (Å²) in [5.41, 5.74) is 1.86. The zero-order valence-electron chi connectivity index (χ0n) is 16.1. The Kier molecular flexibility index (Phi) is 5.64. The van der Waals surface area contributed by atoms with E-state index in [1.165, 1.54) is 6.20 Å². The van der Waals surface area contributed by atoms with Gasteiger partial charge in [-0.25, -0.2) is 14.8 Å². The molecule has 0 saturated heterocycles. The third-order valence-electron chi connectivity index (χ3n) is 4.37. The van der Waals surface area contributed by atoms with Crippen LogP contribution in [-0.4, -0.2) is 38.4 Å². The number of fused-ring (bicyclic) bond motifs is 1. The van der Waals surface area contributed by atoms with Gasteiger partial charge < -0.3 is 9.64 Å². The van der Waals surface area contributed by atoms with Crippen LogP contribution in [0.4, 0.5) is 0 Å². The lowest BCUT2D eigenvalue weighted by atomic mass is 10.0. The fourth-order valence-electron chi connectivity index (χ4n) is 3.15. The molecule has 1 aliphatic heterocycles. The summed E-state index contributed by atoms with van der Waals surface area (Å²) in [5, 5.41) is 0.413. The highest BCUT2D eigenvalue weighted by Crippen LogP contribution is 2.32. The smallest absolute Gasteiger partial charge is 0.329 e. The third kappa shape index (κ3) is 4.13. The number of hydrogen-bond donors (Lipinski definition) is 0. The van der Waals surface area contributed by atoms with E-state index in [0.717, 1.165) is 5.56 Å². The Morgan fingerprint density at radius 2 is 2.04 bits per heavy atom. The maximum absolute atomic E-state index is 13.0. The first-order chi connectivity index (χ1) is 13.1. The number of amides is 1. The van der Waals surface area contributed by atoms with E-state index in [1.54, 1.807) is 31.7 Å². The Bertz CT molecular complexity index is 941. The van der Waals surface area contributed by atoms with Crippen LogP contribution < -0.4 is 0 Å². The Labute approximate surface area is 173 Å². The van der Waals surface area contributed by atoms with Crippen molar-refractivity contribution in [1.82, 2.24) is 14.9 Å². The maximum Gasteiger partial charge on any atom is 0.329 e. The van der Waals surface area contributed by atoms with E-state index in [0.29, 0.717) is 34.8 Å². The van der Waals surface area contributed by atoms with E-state index in [2.05, 4.69) is 9.97 Å². The van der Waals surface area contributed by atoms with Crippen molar-refractivity contribution in [2.45, 2.75) is 52.3 Å². The van der Waals surface area contributed by atoms with Crippen molar-refractivity contribution in [3.63, 3.8) is 0 Å². The summed E-state index contributed by atoms with van der Waals surface area (Å²) in [7, 11) is 0. The molecule has 148 valence electrons. The average molecular weight is 422 g/mol. The highest BCUT2D eigenvalue weighted by Gasteiger charge is 2.37. The van der Waals surface area contributed by atoms with Crippen LogP contribution in [-0.2, 0) is 16.1 Å². The van der Waals surface area contributed by atoms with Crippen LogP contribution in [0.15, 0.2) is 24.4 Å². The number of nitrogens with zero attached hydrogens (tertiary/aromatic N) is 3. The largest absolute Gasteiger partial charge is 0.458 e. The van der Waals surface area contributed by atoms with Crippen molar-refractivity contribution >= 4 is 35.1 Å². The minimum atomic E-state index is -0.639. The van der Waals surface area contributed by atoms with Crippen LogP contribution >= 0.6 is 23.2 Å². The molecular weight excluding hydrogens is 401 g/mol. The molecule has 0 fully saturated rings. The normalized spacial score (nSPS) is 14.8. The van der Waals surface area contributed by atoms with Gasteiger partial charge in [0.05, 0.1) is 16.9 Å². The van der Waals surface area contributed by atoms with Crippen LogP contribution in [0, 0.1) is 0 Å². The lowest BCUT2D eigenvalue weighted by molar-refractivity contribution is -0.160. The standard InChI is InChI=1S/C20H21Cl2N3O3/c1-5-15(18(27)28-20(2,3)4)25-10-12-7-6-11(8-13(12)17(25)26)16-14(21)9-23-19(22)24-16/h6-9,15H,5,10H2,1-4H3. The van der Waals surface area contributed by atoms with Gasteiger partial charge in [-0.15, -0.1) is 0 Å². The molecule has 8 heteroatoms. The van der Waals surface area contributed by atoms with E-state index >= 15 is 0 Å². The van der Waals surface area contributed by atoms with Crippen LogP contribution in [0.1, 0.15) is 50.0 Å². The van der Waals surface area contributed by atoms with Crippen LogP contribution in [0.5, 0.6) is 0 Å². The number of rotatable bonds is 4. The van der Waals surface area contributed by atoms with Gasteiger partial charge in [0, 0.05) is 17.7 Å². The molecule has 3 rings (SSSR count). The molecule has 1 aliphatic rings. The van der Waals surface area contributed by atoms with Crippen molar-refractivity contribution in [3.05, 3.63) is 45.8 Å². The SMILES string of the molecule is CCC(C(=O)OC(C)(C)C)N1Cc2ccc(-c3nc(Cl)ncc3Cl)cc2C1=O. The summed E-state index contributed by atoms with van der Waals surface area (Å²) in [6, 6.07) is 4.76. The molecule has 2 heterocycles. The van der Waals surface area contributed by atoms with Crippen LogP contribution in [0.25, 0.3) is 11.3 Å². The number of aromatic nitrogens is 2. The summed E-state index contributed by atoms with van der Waals surface area (Å²) in [4.78, 5) is 35.2. The molecule has 0 saturated carbocycles. The maximum atomic E-state index is 13.0. The molecule has 1 atom stereocenters. The van der Waals surface area contributed by atoms with E-state index in [-0.39, 0.29) is 11.2 Å². The average Bonchev–Trinajstić information content (AvgIpc) is 2.92. The summed E-state index contributed by atoms with van der Waals surface area (Å²) < 4.78 is 5.49. The molecule has 1 aromatic heterocycles. The van der Waals surface area contributed by atoms with E-state index in [9.17, 15) is 9.59 Å². The van der Waals surface area contributed by atoms with E-state index in [4.69, 9.17) is 27.9 Å².